The van der Waals surface area contributed by atoms with Crippen LogP contribution in [0.1, 0.15) is 30.0 Å². The van der Waals surface area contributed by atoms with E-state index in [1.165, 1.54) is 16.8 Å². The van der Waals surface area contributed by atoms with Gasteiger partial charge in [0.15, 0.2) is 0 Å². The average molecular weight is 406 g/mol. The number of aryl methyl sites for hydroxylation is 2. The number of hydrogen-bond acceptors (Lipinski definition) is 3. The number of amides is 2. The molecular formula is C25H31N3O2. The number of para-hydroxylation sites is 1. The van der Waals surface area contributed by atoms with Crippen molar-refractivity contribution in [3.05, 3.63) is 59.2 Å². The molecule has 5 nitrogen and oxygen atoms in total. The molecule has 2 aliphatic heterocycles. The van der Waals surface area contributed by atoms with Crippen LogP contribution >= 0.6 is 0 Å². The molecule has 1 atom stereocenters. The normalized spacial score (nSPS) is 19.5. The third-order valence-electron chi connectivity index (χ3n) is 6.65. The van der Waals surface area contributed by atoms with Gasteiger partial charge in [-0.25, -0.2) is 0 Å². The van der Waals surface area contributed by atoms with Crippen LogP contribution in [0.4, 0.5) is 11.4 Å². The van der Waals surface area contributed by atoms with Crippen LogP contribution < -0.4 is 9.80 Å². The molecule has 5 heteroatoms. The van der Waals surface area contributed by atoms with Crippen molar-refractivity contribution in [1.29, 1.82) is 0 Å². The Morgan fingerprint density at radius 3 is 2.40 bits per heavy atom. The molecule has 4 rings (SSSR count). The fraction of sp³-hybridized carbons (Fsp3) is 0.440. The zero-order chi connectivity index (χ0) is 21.3. The Hall–Kier alpha value is -2.82. The number of carbonyl (C=O) groups excluding carboxylic acids is 2. The van der Waals surface area contributed by atoms with Crippen LogP contribution in [-0.2, 0) is 16.0 Å². The molecule has 0 unspecified atom stereocenters. The van der Waals surface area contributed by atoms with Crippen molar-refractivity contribution in [1.82, 2.24) is 4.90 Å². The van der Waals surface area contributed by atoms with Gasteiger partial charge in [0.05, 0.1) is 5.92 Å². The van der Waals surface area contributed by atoms with Gasteiger partial charge in [-0.05, 0) is 49.1 Å². The maximum Gasteiger partial charge on any atom is 0.228 e. The van der Waals surface area contributed by atoms with E-state index in [0.29, 0.717) is 26.1 Å². The second kappa shape index (κ2) is 8.50. The summed E-state index contributed by atoms with van der Waals surface area (Å²) in [6, 6.07) is 14.4. The van der Waals surface area contributed by atoms with E-state index in [1.807, 2.05) is 28.0 Å². The van der Waals surface area contributed by atoms with E-state index in [0.717, 1.165) is 30.8 Å². The summed E-state index contributed by atoms with van der Waals surface area (Å²) in [5.74, 6) is -0.0571. The molecule has 2 aromatic rings. The van der Waals surface area contributed by atoms with E-state index >= 15 is 0 Å². The molecule has 0 bridgehead atoms. The van der Waals surface area contributed by atoms with Gasteiger partial charge in [-0.15, -0.1) is 0 Å². The van der Waals surface area contributed by atoms with E-state index in [-0.39, 0.29) is 17.7 Å². The van der Waals surface area contributed by atoms with E-state index in [4.69, 9.17) is 0 Å². The maximum atomic E-state index is 13.2. The van der Waals surface area contributed by atoms with Gasteiger partial charge in [0, 0.05) is 50.5 Å². The lowest BCUT2D eigenvalue weighted by Gasteiger charge is -2.38. The highest BCUT2D eigenvalue weighted by Crippen LogP contribution is 2.30. The Bertz CT molecular complexity index is 947. The standard InChI is InChI=1S/C25H31N3O2/c1-4-20-9-5-6-10-23(20)28-17-21(16-24(28)29)25(30)27-14-12-26(13-15-27)22-11-7-8-18(2)19(22)3/h5-11,21H,4,12-17H2,1-3H3/t21-/m1/s1. The fourth-order valence-electron chi connectivity index (χ4n) is 4.68. The molecular weight excluding hydrogens is 374 g/mol. The smallest absolute Gasteiger partial charge is 0.228 e. The second-order valence-electron chi connectivity index (χ2n) is 8.42. The van der Waals surface area contributed by atoms with Crippen LogP contribution in [0.25, 0.3) is 0 Å². The van der Waals surface area contributed by atoms with Crippen LogP contribution in [0.3, 0.4) is 0 Å². The fourth-order valence-corrected chi connectivity index (χ4v) is 4.68. The summed E-state index contributed by atoms with van der Waals surface area (Å²) in [5.41, 5.74) is 5.98. The molecule has 0 aromatic heterocycles. The predicted octanol–water partition coefficient (Wildman–Crippen LogP) is 3.57. The summed E-state index contributed by atoms with van der Waals surface area (Å²) >= 11 is 0. The van der Waals surface area contributed by atoms with Gasteiger partial charge in [-0.2, -0.15) is 0 Å². The molecule has 2 fully saturated rings. The summed E-state index contributed by atoms with van der Waals surface area (Å²) < 4.78 is 0. The van der Waals surface area contributed by atoms with Crippen LogP contribution in [0.15, 0.2) is 42.5 Å². The third kappa shape index (κ3) is 3.81. The average Bonchev–Trinajstić information content (AvgIpc) is 3.16. The maximum absolute atomic E-state index is 13.2. The number of piperazine rings is 1. The molecule has 2 heterocycles. The Balaban J connectivity index is 1.40. The zero-order valence-corrected chi connectivity index (χ0v) is 18.2. The molecule has 2 amide bonds. The number of carbonyl (C=O) groups is 2. The van der Waals surface area contributed by atoms with Crippen molar-refractivity contribution in [2.75, 3.05) is 42.5 Å². The molecule has 30 heavy (non-hydrogen) atoms. The topological polar surface area (TPSA) is 43.9 Å². The summed E-state index contributed by atoms with van der Waals surface area (Å²) in [6.45, 7) is 9.97. The minimum Gasteiger partial charge on any atom is -0.368 e. The number of nitrogens with zero attached hydrogens (tertiary/aromatic N) is 3. The SMILES string of the molecule is CCc1ccccc1N1C[C@H](C(=O)N2CCN(c3cccc(C)c3C)CC2)CC1=O. The van der Waals surface area contributed by atoms with Crippen molar-refractivity contribution in [3.63, 3.8) is 0 Å². The van der Waals surface area contributed by atoms with Gasteiger partial charge >= 0.3 is 0 Å². The second-order valence-corrected chi connectivity index (χ2v) is 8.42. The van der Waals surface area contributed by atoms with Crippen LogP contribution in [-0.4, -0.2) is 49.4 Å². The quantitative estimate of drug-likeness (QED) is 0.781. The minimum absolute atomic E-state index is 0.0586. The van der Waals surface area contributed by atoms with Crippen molar-refractivity contribution >= 4 is 23.2 Å². The summed E-state index contributed by atoms with van der Waals surface area (Å²) in [5, 5.41) is 0. The first-order valence-electron chi connectivity index (χ1n) is 11.0. The Labute approximate surface area is 179 Å². The lowest BCUT2D eigenvalue weighted by Crippen LogP contribution is -2.51. The van der Waals surface area contributed by atoms with Crippen LogP contribution in [0, 0.1) is 19.8 Å². The van der Waals surface area contributed by atoms with Crippen LogP contribution in [0.5, 0.6) is 0 Å². The van der Waals surface area contributed by atoms with Crippen molar-refractivity contribution in [2.45, 2.75) is 33.6 Å². The lowest BCUT2D eigenvalue weighted by atomic mass is 10.0. The summed E-state index contributed by atoms with van der Waals surface area (Å²) in [4.78, 5) is 32.0. The molecule has 0 spiro atoms. The number of hydrogen-bond donors (Lipinski definition) is 0. The number of benzene rings is 2. The number of rotatable bonds is 4. The van der Waals surface area contributed by atoms with Crippen molar-refractivity contribution in [3.8, 4) is 0 Å². The van der Waals surface area contributed by atoms with Gasteiger partial charge < -0.3 is 14.7 Å². The Morgan fingerprint density at radius 1 is 0.967 bits per heavy atom. The van der Waals surface area contributed by atoms with E-state index < -0.39 is 0 Å². The molecule has 0 radical (unpaired) electrons. The van der Waals surface area contributed by atoms with Crippen molar-refractivity contribution in [2.24, 2.45) is 5.92 Å². The van der Waals surface area contributed by atoms with E-state index in [9.17, 15) is 9.59 Å². The Morgan fingerprint density at radius 2 is 1.67 bits per heavy atom. The van der Waals surface area contributed by atoms with Gasteiger partial charge in [-0.1, -0.05) is 37.3 Å². The molecule has 0 saturated carbocycles. The largest absolute Gasteiger partial charge is 0.368 e. The van der Waals surface area contributed by atoms with Gasteiger partial charge in [0.25, 0.3) is 0 Å². The van der Waals surface area contributed by atoms with Crippen LogP contribution in [0.2, 0.25) is 0 Å². The Kier molecular flexibility index (Phi) is 5.80. The first kappa shape index (κ1) is 20.5. The third-order valence-corrected chi connectivity index (χ3v) is 6.65. The highest BCUT2D eigenvalue weighted by Gasteiger charge is 2.38. The first-order chi connectivity index (χ1) is 14.5. The lowest BCUT2D eigenvalue weighted by molar-refractivity contribution is -0.136. The molecule has 2 aliphatic rings. The summed E-state index contributed by atoms with van der Waals surface area (Å²) in [7, 11) is 0. The first-order valence-corrected chi connectivity index (χ1v) is 11.0. The van der Waals surface area contributed by atoms with Gasteiger partial charge in [0.1, 0.15) is 0 Å². The van der Waals surface area contributed by atoms with Gasteiger partial charge in [-0.3, -0.25) is 9.59 Å². The molecule has 158 valence electrons. The van der Waals surface area contributed by atoms with Gasteiger partial charge in [0.2, 0.25) is 11.8 Å². The van der Waals surface area contributed by atoms with E-state index in [2.05, 4.69) is 49.9 Å². The number of anilines is 2. The molecule has 0 aliphatic carbocycles. The highest BCUT2D eigenvalue weighted by molar-refractivity contribution is 6.00. The van der Waals surface area contributed by atoms with E-state index in [1.54, 1.807) is 0 Å². The monoisotopic (exact) mass is 405 g/mol. The zero-order valence-electron chi connectivity index (χ0n) is 18.2. The molecule has 2 saturated heterocycles. The highest BCUT2D eigenvalue weighted by atomic mass is 16.2. The summed E-state index contributed by atoms with van der Waals surface area (Å²) in [6.07, 6.45) is 1.19. The molecule has 0 N–H and O–H groups in total. The van der Waals surface area contributed by atoms with Crippen molar-refractivity contribution < 1.29 is 9.59 Å². The predicted molar refractivity (Wildman–Crippen MR) is 121 cm³/mol. The minimum atomic E-state index is -0.241. The molecule has 2 aromatic carbocycles.